The number of hydrogen-bond acceptors (Lipinski definition) is 3. The Morgan fingerprint density at radius 3 is 2.44 bits per heavy atom. The van der Waals surface area contributed by atoms with Gasteiger partial charge in [0, 0.05) is 6.04 Å². The Bertz CT molecular complexity index is 650. The van der Waals surface area contributed by atoms with Crippen LogP contribution >= 0.6 is 0 Å². The Hall–Kier alpha value is -2.00. The Balaban J connectivity index is 1.72. The van der Waals surface area contributed by atoms with Gasteiger partial charge in [-0.3, -0.25) is 0 Å². The maximum absolute atomic E-state index is 6.55. The second-order valence-electron chi connectivity index (χ2n) is 6.84. The summed E-state index contributed by atoms with van der Waals surface area (Å²) in [6, 6.07) is 16.4. The SMILES string of the molecule is CCOc1cc([C@H](N)C2CCCCC2)ccc1OCc1ccccc1. The molecule has 1 aliphatic rings. The molecule has 1 aliphatic carbocycles. The lowest BCUT2D eigenvalue weighted by molar-refractivity contribution is 0.267. The van der Waals surface area contributed by atoms with Crippen LogP contribution in [0.25, 0.3) is 0 Å². The van der Waals surface area contributed by atoms with E-state index in [2.05, 4.69) is 24.3 Å². The van der Waals surface area contributed by atoms with E-state index in [0.29, 0.717) is 19.1 Å². The third-order valence-corrected chi connectivity index (χ3v) is 5.05. The molecule has 0 bridgehead atoms. The topological polar surface area (TPSA) is 44.5 Å². The standard InChI is InChI=1S/C22H29NO2/c1-2-24-21-15-19(22(23)18-11-7-4-8-12-18)13-14-20(21)25-16-17-9-5-3-6-10-17/h3,5-6,9-10,13-15,18,22H,2,4,7-8,11-12,16,23H2,1H3/t22-/m1/s1. The molecule has 3 nitrogen and oxygen atoms in total. The van der Waals surface area contributed by atoms with Crippen molar-refractivity contribution in [2.75, 3.05) is 6.61 Å². The third-order valence-electron chi connectivity index (χ3n) is 5.05. The van der Waals surface area contributed by atoms with Crippen LogP contribution in [0.15, 0.2) is 48.5 Å². The highest BCUT2D eigenvalue weighted by molar-refractivity contribution is 5.44. The van der Waals surface area contributed by atoms with Gasteiger partial charge in [0.15, 0.2) is 11.5 Å². The lowest BCUT2D eigenvalue weighted by Gasteiger charge is -2.28. The molecule has 0 unspecified atom stereocenters. The molecule has 2 N–H and O–H groups in total. The Kier molecular flexibility index (Phi) is 6.35. The van der Waals surface area contributed by atoms with E-state index in [1.807, 2.05) is 31.2 Å². The first-order valence-electron chi connectivity index (χ1n) is 9.47. The van der Waals surface area contributed by atoms with E-state index in [-0.39, 0.29) is 6.04 Å². The van der Waals surface area contributed by atoms with Crippen molar-refractivity contribution in [1.82, 2.24) is 0 Å². The van der Waals surface area contributed by atoms with Crippen LogP contribution in [0.5, 0.6) is 11.5 Å². The summed E-state index contributed by atoms with van der Waals surface area (Å²) in [6.45, 7) is 3.15. The summed E-state index contributed by atoms with van der Waals surface area (Å²) in [5, 5.41) is 0. The zero-order chi connectivity index (χ0) is 17.5. The molecule has 3 rings (SSSR count). The van der Waals surface area contributed by atoms with E-state index in [1.165, 1.54) is 32.1 Å². The maximum Gasteiger partial charge on any atom is 0.161 e. The average molecular weight is 339 g/mol. The molecule has 0 radical (unpaired) electrons. The van der Waals surface area contributed by atoms with Crippen molar-refractivity contribution in [3.8, 4) is 11.5 Å². The number of ether oxygens (including phenoxy) is 2. The quantitative estimate of drug-likeness (QED) is 0.750. The minimum Gasteiger partial charge on any atom is -0.490 e. The second-order valence-corrected chi connectivity index (χ2v) is 6.84. The summed E-state index contributed by atoms with van der Waals surface area (Å²) in [4.78, 5) is 0. The maximum atomic E-state index is 6.55. The first-order valence-corrected chi connectivity index (χ1v) is 9.47. The smallest absolute Gasteiger partial charge is 0.161 e. The van der Waals surface area contributed by atoms with Gasteiger partial charge >= 0.3 is 0 Å². The molecule has 0 spiro atoms. The fraction of sp³-hybridized carbons (Fsp3) is 0.455. The van der Waals surface area contributed by atoms with Gasteiger partial charge in [0.1, 0.15) is 6.61 Å². The molecule has 0 saturated heterocycles. The van der Waals surface area contributed by atoms with Crippen molar-refractivity contribution in [2.45, 2.75) is 51.7 Å². The zero-order valence-electron chi connectivity index (χ0n) is 15.1. The lowest BCUT2D eigenvalue weighted by atomic mass is 9.81. The summed E-state index contributed by atoms with van der Waals surface area (Å²) in [6.07, 6.45) is 6.42. The molecular formula is C22H29NO2. The van der Waals surface area contributed by atoms with Crippen LogP contribution in [0, 0.1) is 5.92 Å². The van der Waals surface area contributed by atoms with Gasteiger partial charge in [0.05, 0.1) is 6.61 Å². The van der Waals surface area contributed by atoms with Gasteiger partial charge in [-0.15, -0.1) is 0 Å². The predicted molar refractivity (Wildman–Crippen MR) is 102 cm³/mol. The molecule has 1 saturated carbocycles. The molecule has 1 fully saturated rings. The lowest BCUT2D eigenvalue weighted by Crippen LogP contribution is -2.23. The highest BCUT2D eigenvalue weighted by Gasteiger charge is 2.23. The number of rotatable bonds is 7. The first kappa shape index (κ1) is 17.8. The Morgan fingerprint density at radius 1 is 0.960 bits per heavy atom. The molecule has 25 heavy (non-hydrogen) atoms. The third kappa shape index (κ3) is 4.76. The fourth-order valence-corrected chi connectivity index (χ4v) is 3.62. The van der Waals surface area contributed by atoms with Gasteiger partial charge in [-0.25, -0.2) is 0 Å². The summed E-state index contributed by atoms with van der Waals surface area (Å²) in [7, 11) is 0. The molecule has 2 aromatic rings. The van der Waals surface area contributed by atoms with E-state index in [1.54, 1.807) is 0 Å². The minimum atomic E-state index is 0.0858. The van der Waals surface area contributed by atoms with Gasteiger partial charge in [-0.1, -0.05) is 55.7 Å². The fourth-order valence-electron chi connectivity index (χ4n) is 3.62. The molecule has 2 aromatic carbocycles. The number of nitrogens with two attached hydrogens (primary N) is 1. The number of hydrogen-bond donors (Lipinski definition) is 1. The van der Waals surface area contributed by atoms with Crippen LogP contribution in [-0.4, -0.2) is 6.61 Å². The van der Waals surface area contributed by atoms with Crippen LogP contribution < -0.4 is 15.2 Å². The van der Waals surface area contributed by atoms with Crippen LogP contribution in [0.3, 0.4) is 0 Å². The number of benzene rings is 2. The van der Waals surface area contributed by atoms with Crippen LogP contribution in [0.1, 0.15) is 56.2 Å². The summed E-state index contributed by atoms with van der Waals surface area (Å²) in [5.41, 5.74) is 8.85. The summed E-state index contributed by atoms with van der Waals surface area (Å²) < 4.78 is 11.8. The molecule has 0 aliphatic heterocycles. The van der Waals surface area contributed by atoms with Gasteiger partial charge < -0.3 is 15.2 Å². The van der Waals surface area contributed by atoms with Gasteiger partial charge in [0.2, 0.25) is 0 Å². The van der Waals surface area contributed by atoms with Gasteiger partial charge in [-0.2, -0.15) is 0 Å². The molecule has 1 atom stereocenters. The second kappa shape index (κ2) is 8.91. The monoisotopic (exact) mass is 339 g/mol. The van der Waals surface area contributed by atoms with Crippen molar-refractivity contribution in [1.29, 1.82) is 0 Å². The molecular weight excluding hydrogens is 310 g/mol. The van der Waals surface area contributed by atoms with Crippen molar-refractivity contribution in [3.05, 3.63) is 59.7 Å². The zero-order valence-corrected chi connectivity index (χ0v) is 15.1. The van der Waals surface area contributed by atoms with E-state index in [0.717, 1.165) is 22.6 Å². The highest BCUT2D eigenvalue weighted by Crippen LogP contribution is 2.36. The predicted octanol–water partition coefficient (Wildman–Crippen LogP) is 5.24. The summed E-state index contributed by atoms with van der Waals surface area (Å²) in [5.74, 6) is 2.16. The first-order chi connectivity index (χ1) is 12.3. The van der Waals surface area contributed by atoms with E-state index in [9.17, 15) is 0 Å². The van der Waals surface area contributed by atoms with Crippen molar-refractivity contribution >= 4 is 0 Å². The van der Waals surface area contributed by atoms with Crippen LogP contribution in [0.2, 0.25) is 0 Å². The van der Waals surface area contributed by atoms with Gasteiger partial charge in [-0.05, 0) is 48.9 Å². The van der Waals surface area contributed by atoms with Crippen molar-refractivity contribution in [2.24, 2.45) is 11.7 Å². The molecule has 0 aromatic heterocycles. The normalized spacial score (nSPS) is 16.4. The molecule has 0 heterocycles. The van der Waals surface area contributed by atoms with Crippen molar-refractivity contribution in [3.63, 3.8) is 0 Å². The van der Waals surface area contributed by atoms with E-state index < -0.39 is 0 Å². The van der Waals surface area contributed by atoms with E-state index >= 15 is 0 Å². The van der Waals surface area contributed by atoms with Crippen LogP contribution in [-0.2, 0) is 6.61 Å². The summed E-state index contributed by atoms with van der Waals surface area (Å²) >= 11 is 0. The highest BCUT2D eigenvalue weighted by atomic mass is 16.5. The Morgan fingerprint density at radius 2 is 1.72 bits per heavy atom. The molecule has 134 valence electrons. The van der Waals surface area contributed by atoms with Crippen LogP contribution in [0.4, 0.5) is 0 Å². The minimum absolute atomic E-state index is 0.0858. The average Bonchev–Trinajstić information content (AvgIpc) is 2.68. The molecule has 0 amide bonds. The van der Waals surface area contributed by atoms with Crippen molar-refractivity contribution < 1.29 is 9.47 Å². The Labute approximate surface area is 151 Å². The van der Waals surface area contributed by atoms with Gasteiger partial charge in [0.25, 0.3) is 0 Å². The van der Waals surface area contributed by atoms with E-state index in [4.69, 9.17) is 15.2 Å². The molecule has 3 heteroatoms. The largest absolute Gasteiger partial charge is 0.490 e.